The molecule has 3 aliphatic heterocycles. The zero-order valence-corrected chi connectivity index (χ0v) is 35.0. The largest absolute Gasteiger partial charge is 0.466 e. The highest BCUT2D eigenvalue weighted by Gasteiger charge is 2.54. The van der Waals surface area contributed by atoms with E-state index in [9.17, 15) is 18.8 Å². The molecule has 7 rings (SSSR count). The summed E-state index contributed by atoms with van der Waals surface area (Å²) in [5.41, 5.74) is 7.84. The molecule has 4 aromatic rings. The normalized spacial score (nSPS) is 20.1. The Kier molecular flexibility index (Phi) is 13.9. The van der Waals surface area contributed by atoms with Crippen molar-refractivity contribution in [1.29, 1.82) is 0 Å². The van der Waals surface area contributed by atoms with Crippen LogP contribution in [0, 0.1) is 5.82 Å². The van der Waals surface area contributed by atoms with Crippen LogP contribution in [0.5, 0.6) is 0 Å². The predicted molar refractivity (Wildman–Crippen MR) is 222 cm³/mol. The van der Waals surface area contributed by atoms with Gasteiger partial charge in [0.2, 0.25) is 0 Å². The SMILES string of the molecule is CCOC(=O)CCN1CCN(C(=O)N(C)C2(c3ccccc3)CCN(CCC(C[N+]3(NC(=O)c4ccccc4)C(n4cnnn4)=NNN3OC)c3ccc(F)cc3)CC2)CC1. The van der Waals surface area contributed by atoms with E-state index in [0.29, 0.717) is 77.1 Å². The Hall–Kier alpha value is -5.86. The van der Waals surface area contributed by atoms with Gasteiger partial charge in [-0.1, -0.05) is 65.8 Å². The second kappa shape index (κ2) is 19.7. The van der Waals surface area contributed by atoms with Crippen molar-refractivity contribution in [2.45, 2.75) is 44.1 Å². The lowest BCUT2D eigenvalue weighted by Gasteiger charge is -2.49. The number of nitrogens with one attached hydrogen (secondary N) is 2. The smallest absolute Gasteiger partial charge is 0.400 e. The third kappa shape index (κ3) is 9.71. The zero-order chi connectivity index (χ0) is 42.8. The number of rotatable bonds is 15. The molecule has 2 N–H and O–H groups in total. The van der Waals surface area contributed by atoms with Crippen LogP contribution in [0.3, 0.4) is 0 Å². The van der Waals surface area contributed by atoms with E-state index in [2.05, 4.69) is 53.5 Å². The number of urea groups is 1. The number of amides is 3. The summed E-state index contributed by atoms with van der Waals surface area (Å²) in [4.78, 5) is 54.4. The molecule has 0 spiro atoms. The molecule has 324 valence electrons. The molecule has 0 saturated carbocycles. The summed E-state index contributed by atoms with van der Waals surface area (Å²) >= 11 is 0. The standard InChI is InChI=1S/C42H54FN13O5/c1-4-61-38(57)20-24-52-27-29-53(30-28-52)41(59)50(2)42(36-13-9-6-10-14-36)21-25-51(26-22-42)23-19-35(33-15-17-37(43)18-16-33)31-56(46-39(58)34-11-7-5-8-12-34)40(45-48-55(56)60-3)54-32-44-47-49-54/h5-18,32,35,48H,4,19-31H2,1-3H3/p+1. The molecule has 0 aliphatic carbocycles. The molecule has 0 radical (unpaired) electrons. The maximum atomic E-state index is 14.4. The van der Waals surface area contributed by atoms with Gasteiger partial charge < -0.3 is 19.4 Å². The third-order valence-electron chi connectivity index (χ3n) is 12.0. The van der Waals surface area contributed by atoms with Crippen molar-refractivity contribution in [2.75, 3.05) is 79.7 Å². The first-order valence-corrected chi connectivity index (χ1v) is 20.8. The van der Waals surface area contributed by atoms with Crippen molar-refractivity contribution in [3.63, 3.8) is 0 Å². The monoisotopic (exact) mass is 840 g/mol. The second-order valence-electron chi connectivity index (χ2n) is 15.5. The van der Waals surface area contributed by atoms with E-state index in [1.807, 2.05) is 41.1 Å². The van der Waals surface area contributed by atoms with Crippen molar-refractivity contribution in [2.24, 2.45) is 5.10 Å². The van der Waals surface area contributed by atoms with E-state index in [0.717, 1.165) is 24.2 Å². The number of tetrazole rings is 1. The lowest BCUT2D eigenvalue weighted by molar-refractivity contribution is -1.03. The fourth-order valence-corrected chi connectivity index (χ4v) is 8.61. The van der Waals surface area contributed by atoms with Gasteiger partial charge in [-0.25, -0.2) is 14.0 Å². The van der Waals surface area contributed by atoms with Crippen LogP contribution < -0.4 is 11.0 Å². The summed E-state index contributed by atoms with van der Waals surface area (Å²) in [6.45, 7) is 7.62. The molecule has 18 nitrogen and oxygen atoms in total. The third-order valence-corrected chi connectivity index (χ3v) is 12.0. The molecule has 3 amide bonds. The maximum Gasteiger partial charge on any atom is 0.400 e. The van der Waals surface area contributed by atoms with E-state index >= 15 is 0 Å². The van der Waals surface area contributed by atoms with Crippen LogP contribution in [-0.2, 0) is 19.9 Å². The molecule has 3 aliphatic rings. The number of carbonyl (C=O) groups excluding carboxylic acids is 3. The van der Waals surface area contributed by atoms with Crippen LogP contribution in [0.25, 0.3) is 0 Å². The predicted octanol–water partition coefficient (Wildman–Crippen LogP) is 3.18. The summed E-state index contributed by atoms with van der Waals surface area (Å²) in [6.07, 6.45) is 3.76. The van der Waals surface area contributed by atoms with Gasteiger partial charge in [0.1, 0.15) is 17.6 Å². The van der Waals surface area contributed by atoms with Gasteiger partial charge in [0, 0.05) is 64.3 Å². The van der Waals surface area contributed by atoms with E-state index in [-0.39, 0.29) is 36.2 Å². The maximum absolute atomic E-state index is 14.4. The molecule has 2 atom stereocenters. The molecule has 2 unspecified atom stereocenters. The van der Waals surface area contributed by atoms with Gasteiger partial charge in [-0.3, -0.25) is 14.5 Å². The Morgan fingerprint density at radius 1 is 0.918 bits per heavy atom. The highest BCUT2D eigenvalue weighted by atomic mass is 19.1. The molecule has 0 bridgehead atoms. The summed E-state index contributed by atoms with van der Waals surface area (Å²) in [6, 6.07) is 25.5. The van der Waals surface area contributed by atoms with E-state index in [4.69, 9.17) is 9.57 Å². The van der Waals surface area contributed by atoms with Gasteiger partial charge >= 0.3 is 18.0 Å². The number of piperazine rings is 1. The number of hydrogen-bond donors (Lipinski definition) is 2. The fraction of sp³-hybridized carbons (Fsp3) is 0.452. The Bertz CT molecular complexity index is 2080. The van der Waals surface area contributed by atoms with Gasteiger partial charge in [0.25, 0.3) is 5.91 Å². The minimum Gasteiger partial charge on any atom is -0.466 e. The molecular formula is C42H55FN13O5+. The number of halogens is 1. The highest BCUT2D eigenvalue weighted by Crippen LogP contribution is 2.39. The minimum absolute atomic E-state index is 0.00717. The van der Waals surface area contributed by atoms with Crippen LogP contribution >= 0.6 is 0 Å². The van der Waals surface area contributed by atoms with Gasteiger partial charge in [-0.2, -0.15) is 11.0 Å². The van der Waals surface area contributed by atoms with Crippen LogP contribution in [-0.4, -0.2) is 153 Å². The molecule has 19 heteroatoms. The van der Waals surface area contributed by atoms with Crippen molar-refractivity contribution < 1.29 is 33.0 Å². The van der Waals surface area contributed by atoms with E-state index in [1.165, 1.54) is 35.5 Å². The highest BCUT2D eigenvalue weighted by molar-refractivity contribution is 5.94. The van der Waals surface area contributed by atoms with Gasteiger partial charge in [0.15, 0.2) is 6.33 Å². The van der Waals surface area contributed by atoms with Crippen LogP contribution in [0.15, 0.2) is 96.4 Å². The van der Waals surface area contributed by atoms with Crippen molar-refractivity contribution >= 4 is 23.9 Å². The lowest BCUT2D eigenvalue weighted by Crippen LogP contribution is -2.72. The van der Waals surface area contributed by atoms with Gasteiger partial charge in [0.05, 0.1) is 25.7 Å². The first-order chi connectivity index (χ1) is 29.7. The number of aromatic nitrogens is 4. The average Bonchev–Trinajstić information content (AvgIpc) is 3.96. The van der Waals surface area contributed by atoms with Crippen molar-refractivity contribution in [3.05, 3.63) is 114 Å². The number of quaternary nitrogens is 1. The number of esters is 1. The number of nitrogens with zero attached hydrogens (tertiary/aromatic N) is 11. The first-order valence-electron chi connectivity index (χ1n) is 20.8. The van der Waals surface area contributed by atoms with Crippen LogP contribution in [0.1, 0.15) is 60.0 Å². The number of piperidine rings is 1. The Morgan fingerprint density at radius 3 is 2.23 bits per heavy atom. The molecule has 2 fully saturated rings. The molecule has 4 heterocycles. The van der Waals surface area contributed by atoms with E-state index < -0.39 is 16.1 Å². The number of ether oxygens (including phenoxy) is 1. The Morgan fingerprint density at radius 2 is 1.59 bits per heavy atom. The van der Waals surface area contributed by atoms with Crippen LogP contribution in [0.2, 0.25) is 0 Å². The first kappa shape index (κ1) is 43.2. The van der Waals surface area contributed by atoms with Gasteiger partial charge in [-0.05, 0) is 83.3 Å². The fourth-order valence-electron chi connectivity index (χ4n) is 8.61. The number of likely N-dealkylation sites (tertiary alicyclic amines) is 1. The van der Waals surface area contributed by atoms with Crippen LogP contribution in [0.4, 0.5) is 9.18 Å². The topological polar surface area (TPSA) is 166 Å². The summed E-state index contributed by atoms with van der Waals surface area (Å²) in [5, 5.41) is 17.6. The molecule has 2 saturated heterocycles. The molecule has 1 aromatic heterocycles. The number of hydrazone groups is 1. The van der Waals surface area contributed by atoms with Crippen molar-refractivity contribution in [1.82, 2.24) is 56.0 Å². The molecular weight excluding hydrogens is 786 g/mol. The average molecular weight is 841 g/mol. The summed E-state index contributed by atoms with van der Waals surface area (Å²) in [5.74, 6) is -1.01. The minimum atomic E-state index is -0.527. The Balaban J connectivity index is 1.08. The zero-order valence-electron chi connectivity index (χ0n) is 35.0. The van der Waals surface area contributed by atoms with Gasteiger partial charge in [-0.15, -0.1) is 9.78 Å². The number of benzene rings is 3. The quantitative estimate of drug-likeness (QED) is 0.133. The van der Waals surface area contributed by atoms with Crippen molar-refractivity contribution in [3.8, 4) is 0 Å². The summed E-state index contributed by atoms with van der Waals surface area (Å²) < 4.78 is 20.4. The second-order valence-corrected chi connectivity index (χ2v) is 15.5. The van der Waals surface area contributed by atoms with E-state index in [1.54, 1.807) is 43.3 Å². The number of hydrazine groups is 1. The Labute approximate surface area is 354 Å². The molecule has 61 heavy (non-hydrogen) atoms. The number of hydrogen-bond acceptors (Lipinski definition) is 13. The number of carbonyl (C=O) groups is 3. The lowest BCUT2D eigenvalue weighted by atomic mass is 9.79. The summed E-state index contributed by atoms with van der Waals surface area (Å²) in [7, 11) is 3.38. The molecule has 3 aromatic carbocycles.